The normalized spacial score (nSPS) is 9.90. The topological polar surface area (TPSA) is 124 Å². The molecule has 0 fully saturated rings. The van der Waals surface area contributed by atoms with Crippen molar-refractivity contribution >= 4 is 17.7 Å². The number of carbonyl (C=O) groups excluding carboxylic acids is 1. The standard InChI is InChI=1S/C13H12N4O4/c18-11-2-1-8(5-10(11)12(19)20)17-13(21)15-6-9-3-4-14-7-16-9/h1-5,7,18H,6H2,(H,19,20)(H2,15,17,21). The lowest BCUT2D eigenvalue weighted by Gasteiger charge is -2.08. The third kappa shape index (κ3) is 3.90. The van der Waals surface area contributed by atoms with E-state index in [4.69, 9.17) is 5.11 Å². The van der Waals surface area contributed by atoms with Gasteiger partial charge in [-0.2, -0.15) is 0 Å². The summed E-state index contributed by atoms with van der Waals surface area (Å²) in [6.07, 6.45) is 2.93. The van der Waals surface area contributed by atoms with Gasteiger partial charge in [0.1, 0.15) is 17.6 Å². The second-order valence-electron chi connectivity index (χ2n) is 4.05. The Bertz CT molecular complexity index is 660. The molecule has 0 aliphatic carbocycles. The Labute approximate surface area is 119 Å². The van der Waals surface area contributed by atoms with Gasteiger partial charge in [0.15, 0.2) is 0 Å². The summed E-state index contributed by atoms with van der Waals surface area (Å²) in [7, 11) is 0. The van der Waals surface area contributed by atoms with E-state index >= 15 is 0 Å². The number of nitrogens with zero attached hydrogens (tertiary/aromatic N) is 2. The summed E-state index contributed by atoms with van der Waals surface area (Å²) in [4.78, 5) is 30.2. The Morgan fingerprint density at radius 3 is 2.71 bits per heavy atom. The summed E-state index contributed by atoms with van der Waals surface area (Å²) in [6, 6.07) is 4.90. The molecule has 0 radical (unpaired) electrons. The average molecular weight is 288 g/mol. The van der Waals surface area contributed by atoms with E-state index in [1.807, 2.05) is 0 Å². The minimum atomic E-state index is -1.28. The summed E-state index contributed by atoms with van der Waals surface area (Å²) in [5.74, 6) is -1.65. The van der Waals surface area contributed by atoms with E-state index in [0.29, 0.717) is 5.69 Å². The zero-order chi connectivity index (χ0) is 15.2. The van der Waals surface area contributed by atoms with Gasteiger partial charge in [-0.15, -0.1) is 0 Å². The number of nitrogens with one attached hydrogen (secondary N) is 2. The first-order valence-electron chi connectivity index (χ1n) is 5.92. The molecule has 1 heterocycles. The smallest absolute Gasteiger partial charge is 0.339 e. The molecule has 2 rings (SSSR count). The van der Waals surface area contributed by atoms with E-state index in [1.54, 1.807) is 12.3 Å². The maximum absolute atomic E-state index is 11.7. The van der Waals surface area contributed by atoms with E-state index in [9.17, 15) is 14.7 Å². The van der Waals surface area contributed by atoms with Crippen LogP contribution in [0.25, 0.3) is 0 Å². The zero-order valence-corrected chi connectivity index (χ0v) is 10.8. The maximum atomic E-state index is 11.7. The van der Waals surface area contributed by atoms with E-state index in [1.165, 1.54) is 24.5 Å². The number of carboxylic acid groups (broad SMARTS) is 1. The Hall–Kier alpha value is -3.16. The molecule has 4 N–H and O–H groups in total. The van der Waals surface area contributed by atoms with Crippen molar-refractivity contribution in [3.05, 3.63) is 48.0 Å². The molecule has 2 amide bonds. The SMILES string of the molecule is O=C(NCc1ccncn1)Nc1ccc(O)c(C(=O)O)c1. The Morgan fingerprint density at radius 1 is 1.24 bits per heavy atom. The number of phenols is 1. The molecular weight excluding hydrogens is 276 g/mol. The first-order valence-corrected chi connectivity index (χ1v) is 5.92. The highest BCUT2D eigenvalue weighted by molar-refractivity contribution is 5.95. The molecule has 1 aromatic carbocycles. The first kappa shape index (κ1) is 14.3. The van der Waals surface area contributed by atoms with Crippen molar-refractivity contribution < 1.29 is 19.8 Å². The van der Waals surface area contributed by atoms with Gasteiger partial charge in [0.2, 0.25) is 0 Å². The third-order valence-electron chi connectivity index (χ3n) is 2.56. The third-order valence-corrected chi connectivity index (χ3v) is 2.56. The maximum Gasteiger partial charge on any atom is 0.339 e. The highest BCUT2D eigenvalue weighted by atomic mass is 16.4. The molecular formula is C13H12N4O4. The second kappa shape index (κ2) is 6.33. The number of anilines is 1. The molecule has 108 valence electrons. The fraction of sp³-hybridized carbons (Fsp3) is 0.0769. The van der Waals surface area contributed by atoms with Crippen molar-refractivity contribution in [2.45, 2.75) is 6.54 Å². The van der Waals surface area contributed by atoms with Crippen LogP contribution in [-0.4, -0.2) is 32.2 Å². The molecule has 0 atom stereocenters. The van der Waals surface area contributed by atoms with E-state index < -0.39 is 12.0 Å². The van der Waals surface area contributed by atoms with Gasteiger partial charge in [0.25, 0.3) is 0 Å². The number of carbonyl (C=O) groups is 2. The van der Waals surface area contributed by atoms with Crippen LogP contribution in [0.4, 0.5) is 10.5 Å². The van der Waals surface area contributed by atoms with Crippen LogP contribution in [0.5, 0.6) is 5.75 Å². The van der Waals surface area contributed by atoms with Crippen LogP contribution in [0.1, 0.15) is 16.1 Å². The van der Waals surface area contributed by atoms with Crippen LogP contribution in [0.15, 0.2) is 36.8 Å². The van der Waals surface area contributed by atoms with Crippen molar-refractivity contribution in [3.8, 4) is 5.75 Å². The average Bonchev–Trinajstić information content (AvgIpc) is 2.48. The number of benzene rings is 1. The van der Waals surface area contributed by atoms with Crippen LogP contribution >= 0.6 is 0 Å². The molecule has 0 aliphatic heterocycles. The highest BCUT2D eigenvalue weighted by Crippen LogP contribution is 2.21. The van der Waals surface area contributed by atoms with Crippen LogP contribution in [0.3, 0.4) is 0 Å². The molecule has 21 heavy (non-hydrogen) atoms. The van der Waals surface area contributed by atoms with Crippen LogP contribution in [0.2, 0.25) is 0 Å². The Balaban J connectivity index is 1.97. The quantitative estimate of drug-likeness (QED) is 0.627. The van der Waals surface area contributed by atoms with Crippen molar-refractivity contribution in [1.82, 2.24) is 15.3 Å². The number of carboxylic acids is 1. The van der Waals surface area contributed by atoms with E-state index in [0.717, 1.165) is 0 Å². The number of urea groups is 1. The molecule has 0 saturated carbocycles. The second-order valence-corrected chi connectivity index (χ2v) is 4.05. The lowest BCUT2D eigenvalue weighted by Crippen LogP contribution is -2.28. The lowest BCUT2D eigenvalue weighted by atomic mass is 10.2. The molecule has 0 aliphatic rings. The fourth-order valence-electron chi connectivity index (χ4n) is 1.55. The van der Waals surface area contributed by atoms with Gasteiger partial charge < -0.3 is 20.8 Å². The minimum Gasteiger partial charge on any atom is -0.507 e. The van der Waals surface area contributed by atoms with Gasteiger partial charge >= 0.3 is 12.0 Å². The summed E-state index contributed by atoms with van der Waals surface area (Å²) < 4.78 is 0. The molecule has 8 nitrogen and oxygen atoms in total. The van der Waals surface area contributed by atoms with Crippen molar-refractivity contribution in [2.24, 2.45) is 0 Å². The summed E-state index contributed by atoms with van der Waals surface area (Å²) in [5, 5.41) is 23.3. The number of rotatable bonds is 4. The number of aromatic hydroxyl groups is 1. The molecule has 0 saturated heterocycles. The molecule has 2 aromatic rings. The molecule has 0 unspecified atom stereocenters. The molecule has 0 bridgehead atoms. The predicted octanol–water partition coefficient (Wildman–Crippen LogP) is 1.20. The largest absolute Gasteiger partial charge is 0.507 e. The zero-order valence-electron chi connectivity index (χ0n) is 10.8. The number of hydrogen-bond donors (Lipinski definition) is 4. The molecule has 0 spiro atoms. The van der Waals surface area contributed by atoms with Gasteiger partial charge in [-0.25, -0.2) is 19.6 Å². The van der Waals surface area contributed by atoms with Gasteiger partial charge in [-0.1, -0.05) is 0 Å². The van der Waals surface area contributed by atoms with Crippen molar-refractivity contribution in [3.63, 3.8) is 0 Å². The van der Waals surface area contributed by atoms with Gasteiger partial charge in [-0.05, 0) is 24.3 Å². The number of hydrogen-bond acceptors (Lipinski definition) is 5. The number of amides is 2. The Morgan fingerprint density at radius 2 is 2.05 bits per heavy atom. The fourth-order valence-corrected chi connectivity index (χ4v) is 1.55. The van der Waals surface area contributed by atoms with Crippen LogP contribution in [-0.2, 0) is 6.54 Å². The highest BCUT2D eigenvalue weighted by Gasteiger charge is 2.11. The number of aromatic carboxylic acids is 1. The van der Waals surface area contributed by atoms with Crippen molar-refractivity contribution in [2.75, 3.05) is 5.32 Å². The lowest BCUT2D eigenvalue weighted by molar-refractivity contribution is 0.0693. The predicted molar refractivity (Wildman–Crippen MR) is 73.0 cm³/mol. The summed E-state index contributed by atoms with van der Waals surface area (Å²) in [6.45, 7) is 0.207. The summed E-state index contributed by atoms with van der Waals surface area (Å²) >= 11 is 0. The van der Waals surface area contributed by atoms with Gasteiger partial charge in [0, 0.05) is 11.9 Å². The van der Waals surface area contributed by atoms with Crippen molar-refractivity contribution in [1.29, 1.82) is 0 Å². The van der Waals surface area contributed by atoms with E-state index in [2.05, 4.69) is 20.6 Å². The monoisotopic (exact) mass is 288 g/mol. The first-order chi connectivity index (χ1) is 10.1. The van der Waals surface area contributed by atoms with E-state index in [-0.39, 0.29) is 23.5 Å². The van der Waals surface area contributed by atoms with Gasteiger partial charge in [-0.3, -0.25) is 0 Å². The Kier molecular flexibility index (Phi) is 4.30. The molecule has 8 heteroatoms. The summed E-state index contributed by atoms with van der Waals surface area (Å²) in [5.41, 5.74) is 0.603. The van der Waals surface area contributed by atoms with Crippen LogP contribution < -0.4 is 10.6 Å². The molecule has 1 aromatic heterocycles. The number of aromatic nitrogens is 2. The van der Waals surface area contributed by atoms with Crippen LogP contribution in [0, 0.1) is 0 Å². The minimum absolute atomic E-state index is 0.207. The van der Waals surface area contributed by atoms with Gasteiger partial charge in [0.05, 0.1) is 12.2 Å².